The van der Waals surface area contributed by atoms with Crippen LogP contribution in [0.1, 0.15) is 44.0 Å². The largest absolute Gasteiger partial charge is 0.482 e. The molecule has 2 N–H and O–H groups in total. The summed E-state index contributed by atoms with van der Waals surface area (Å²) in [6.45, 7) is 8.76. The molecule has 1 aromatic carbocycles. The predicted octanol–water partition coefficient (Wildman–Crippen LogP) is 4.14. The lowest BCUT2D eigenvalue weighted by molar-refractivity contribution is -0.142. The number of hydrogen-bond acceptors (Lipinski definition) is 4. The molecule has 0 heterocycles. The summed E-state index contributed by atoms with van der Waals surface area (Å²) in [4.78, 5) is 35.4. The van der Waals surface area contributed by atoms with E-state index in [1.165, 1.54) is 12.1 Å². The van der Waals surface area contributed by atoms with Crippen LogP contribution < -0.4 is 10.1 Å². The third-order valence-electron chi connectivity index (χ3n) is 3.74. The first-order valence-electron chi connectivity index (χ1n) is 8.43. The topological polar surface area (TPSA) is 92.7 Å². The summed E-state index contributed by atoms with van der Waals surface area (Å²) in [5.41, 5.74) is 0.596. The van der Waals surface area contributed by atoms with Crippen molar-refractivity contribution >= 4 is 40.9 Å². The van der Waals surface area contributed by atoms with Crippen molar-refractivity contribution < 1.29 is 24.2 Å². The molecule has 6 nitrogen and oxygen atoms in total. The Morgan fingerprint density at radius 1 is 1.22 bits per heavy atom. The van der Waals surface area contributed by atoms with Crippen molar-refractivity contribution in [3.8, 4) is 5.75 Å². The maximum atomic E-state index is 12.2. The first-order valence-corrected chi connectivity index (χ1v) is 9.19. The molecule has 8 heteroatoms. The fourth-order valence-electron chi connectivity index (χ4n) is 2.24. The molecule has 0 fully saturated rings. The molecule has 0 saturated heterocycles. The smallest absolute Gasteiger partial charge is 0.326 e. The number of allylic oxidation sites excluding steroid dienone is 1. The quantitative estimate of drug-likeness (QED) is 0.442. The molecule has 1 unspecified atom stereocenters. The van der Waals surface area contributed by atoms with Gasteiger partial charge in [-0.15, -0.1) is 0 Å². The molecule has 1 rings (SSSR count). The monoisotopic (exact) mass is 415 g/mol. The summed E-state index contributed by atoms with van der Waals surface area (Å²) in [5, 5.41) is 11.6. The van der Waals surface area contributed by atoms with Crippen LogP contribution in [-0.4, -0.2) is 35.4 Å². The number of carboxylic acid groups (broad SMARTS) is 1. The highest BCUT2D eigenvalue weighted by Gasteiger charge is 2.22. The molecular weight excluding hydrogens is 393 g/mol. The maximum Gasteiger partial charge on any atom is 0.326 e. The van der Waals surface area contributed by atoms with Crippen molar-refractivity contribution in [3.63, 3.8) is 0 Å². The van der Waals surface area contributed by atoms with Crippen molar-refractivity contribution in [1.29, 1.82) is 0 Å². The number of amides is 1. The summed E-state index contributed by atoms with van der Waals surface area (Å²) in [7, 11) is 0. The van der Waals surface area contributed by atoms with Gasteiger partial charge in [0.15, 0.2) is 12.4 Å². The van der Waals surface area contributed by atoms with E-state index < -0.39 is 24.5 Å². The zero-order chi connectivity index (χ0) is 20.7. The highest BCUT2D eigenvalue weighted by atomic mass is 35.5. The zero-order valence-corrected chi connectivity index (χ0v) is 17.0. The Morgan fingerprint density at radius 3 is 2.37 bits per heavy atom. The summed E-state index contributed by atoms with van der Waals surface area (Å²) in [6, 6.07) is 1.88. The van der Waals surface area contributed by atoms with E-state index in [4.69, 9.17) is 33.0 Å². The summed E-state index contributed by atoms with van der Waals surface area (Å²) in [6.07, 6.45) is 0.776. The van der Waals surface area contributed by atoms with Gasteiger partial charge in [-0.25, -0.2) is 4.79 Å². The Hall–Kier alpha value is -2.05. The van der Waals surface area contributed by atoms with Gasteiger partial charge in [-0.2, -0.15) is 0 Å². The van der Waals surface area contributed by atoms with Gasteiger partial charge in [0.2, 0.25) is 0 Å². The van der Waals surface area contributed by atoms with Gasteiger partial charge in [0.25, 0.3) is 5.91 Å². The lowest BCUT2D eigenvalue weighted by Gasteiger charge is -2.17. The van der Waals surface area contributed by atoms with E-state index in [-0.39, 0.29) is 33.1 Å². The summed E-state index contributed by atoms with van der Waals surface area (Å²) >= 11 is 12.3. The molecule has 0 saturated carbocycles. The van der Waals surface area contributed by atoms with E-state index in [1.807, 2.05) is 13.8 Å². The van der Waals surface area contributed by atoms with Gasteiger partial charge in [-0.05, 0) is 36.5 Å². The van der Waals surface area contributed by atoms with E-state index in [0.717, 1.165) is 0 Å². The van der Waals surface area contributed by atoms with Gasteiger partial charge in [-0.1, -0.05) is 50.6 Å². The molecule has 0 aromatic heterocycles. The number of aliphatic carboxylic acids is 1. The number of halogens is 2. The van der Waals surface area contributed by atoms with Crippen molar-refractivity contribution in [2.75, 3.05) is 6.61 Å². The third kappa shape index (κ3) is 6.56. The number of carbonyl (C=O) groups is 3. The molecule has 1 aromatic rings. The second-order valence-corrected chi connectivity index (χ2v) is 7.16. The number of Topliss-reactive ketones (excluding diaryl/α,β-unsaturated/α-hetero) is 1. The van der Waals surface area contributed by atoms with Crippen LogP contribution in [0.25, 0.3) is 0 Å². The van der Waals surface area contributed by atoms with Crippen LogP contribution in [0.4, 0.5) is 0 Å². The maximum absolute atomic E-state index is 12.2. The molecule has 148 valence electrons. The van der Waals surface area contributed by atoms with Crippen LogP contribution in [-0.2, 0) is 9.59 Å². The fourth-order valence-corrected chi connectivity index (χ4v) is 2.70. The molecule has 1 atom stereocenters. The van der Waals surface area contributed by atoms with Gasteiger partial charge >= 0.3 is 5.97 Å². The Kier molecular flexibility index (Phi) is 8.79. The lowest BCUT2D eigenvalue weighted by Crippen LogP contribution is -2.43. The van der Waals surface area contributed by atoms with Crippen molar-refractivity contribution in [2.24, 2.45) is 5.92 Å². The molecule has 0 spiro atoms. The van der Waals surface area contributed by atoms with Crippen LogP contribution in [0.15, 0.2) is 24.3 Å². The number of hydrogen-bond donors (Lipinski definition) is 2. The molecule has 27 heavy (non-hydrogen) atoms. The van der Waals surface area contributed by atoms with Crippen molar-refractivity contribution in [2.45, 2.75) is 39.7 Å². The van der Waals surface area contributed by atoms with E-state index in [9.17, 15) is 14.4 Å². The lowest BCUT2D eigenvalue weighted by atomic mass is 10.0. The number of carboxylic acids is 1. The van der Waals surface area contributed by atoms with Crippen LogP contribution in [0.5, 0.6) is 5.75 Å². The first-order chi connectivity index (χ1) is 12.6. The van der Waals surface area contributed by atoms with Crippen molar-refractivity contribution in [1.82, 2.24) is 5.32 Å². The third-order valence-corrected chi connectivity index (χ3v) is 4.60. The van der Waals surface area contributed by atoms with Crippen LogP contribution in [0, 0.1) is 5.92 Å². The molecule has 0 radical (unpaired) electrons. The van der Waals surface area contributed by atoms with Gasteiger partial charge in [-0.3, -0.25) is 9.59 Å². The predicted molar refractivity (Wildman–Crippen MR) is 105 cm³/mol. The van der Waals surface area contributed by atoms with Crippen LogP contribution in [0.3, 0.4) is 0 Å². The highest BCUT2D eigenvalue weighted by molar-refractivity contribution is 6.45. The number of rotatable bonds is 10. The molecule has 1 amide bonds. The van der Waals surface area contributed by atoms with E-state index >= 15 is 0 Å². The minimum absolute atomic E-state index is 0.00353. The standard InChI is InChI=1S/C19H23Cl2NO5/c1-5-11(4)18(24)12-6-7-14(17(21)16(12)20)27-9-15(23)22-13(19(25)26)8-10(2)3/h6-7,10,13H,4-5,8-9H2,1-3H3,(H,22,23)(H,25,26). The normalized spacial score (nSPS) is 11.8. The number of nitrogens with one attached hydrogen (secondary N) is 1. The minimum Gasteiger partial charge on any atom is -0.482 e. The van der Waals surface area contributed by atoms with E-state index in [2.05, 4.69) is 11.9 Å². The molecule has 0 bridgehead atoms. The number of benzene rings is 1. The second-order valence-electron chi connectivity index (χ2n) is 6.40. The zero-order valence-electron chi connectivity index (χ0n) is 15.5. The summed E-state index contributed by atoms with van der Waals surface area (Å²) < 4.78 is 5.33. The Balaban J connectivity index is 2.81. The average molecular weight is 416 g/mol. The highest BCUT2D eigenvalue weighted by Crippen LogP contribution is 2.35. The molecule has 0 aliphatic carbocycles. The minimum atomic E-state index is -1.11. The molecule has 0 aliphatic rings. The Bertz CT molecular complexity index is 746. The first kappa shape index (κ1) is 23.0. The molecular formula is C19H23Cl2NO5. The van der Waals surface area contributed by atoms with E-state index in [1.54, 1.807) is 6.92 Å². The summed E-state index contributed by atoms with van der Waals surface area (Å²) in [5.74, 6) is -1.81. The molecule has 0 aliphatic heterocycles. The Labute approximate surface area is 168 Å². The van der Waals surface area contributed by atoms with Crippen LogP contribution in [0.2, 0.25) is 10.0 Å². The van der Waals surface area contributed by atoms with Crippen molar-refractivity contribution in [3.05, 3.63) is 39.9 Å². The number of carbonyl (C=O) groups excluding carboxylic acids is 2. The number of ketones is 1. The van der Waals surface area contributed by atoms with Crippen LogP contribution >= 0.6 is 23.2 Å². The van der Waals surface area contributed by atoms with E-state index in [0.29, 0.717) is 18.4 Å². The van der Waals surface area contributed by atoms with Gasteiger partial charge < -0.3 is 15.2 Å². The fraction of sp³-hybridized carbons (Fsp3) is 0.421. The van der Waals surface area contributed by atoms with Gasteiger partial charge in [0.05, 0.1) is 5.02 Å². The average Bonchev–Trinajstić information content (AvgIpc) is 2.60. The van der Waals surface area contributed by atoms with Gasteiger partial charge in [0, 0.05) is 5.56 Å². The Morgan fingerprint density at radius 2 is 1.85 bits per heavy atom. The second kappa shape index (κ2) is 10.3. The number of ether oxygens (including phenoxy) is 1. The SMILES string of the molecule is C=C(CC)C(=O)c1ccc(OCC(=O)NC(CC(C)C)C(=O)O)c(Cl)c1Cl. The van der Waals surface area contributed by atoms with Gasteiger partial charge in [0.1, 0.15) is 16.8 Å².